The summed E-state index contributed by atoms with van der Waals surface area (Å²) in [5.41, 5.74) is -0.331. The van der Waals surface area contributed by atoms with Crippen molar-refractivity contribution in [3.05, 3.63) is 12.2 Å². The van der Waals surface area contributed by atoms with Gasteiger partial charge in [0.2, 0.25) is 0 Å². The molecule has 0 aromatic carbocycles. The van der Waals surface area contributed by atoms with Crippen molar-refractivity contribution < 1.29 is 9.90 Å². The van der Waals surface area contributed by atoms with Crippen molar-refractivity contribution in [1.82, 2.24) is 0 Å². The second-order valence-electron chi connectivity index (χ2n) is 6.06. The fourth-order valence-corrected chi connectivity index (χ4v) is 2.74. The number of fused-ring (bicyclic) bond motifs is 2. The third kappa shape index (κ3) is 1.87. The second-order valence-corrected chi connectivity index (χ2v) is 6.06. The highest BCUT2D eigenvalue weighted by molar-refractivity contribution is 5.86. The van der Waals surface area contributed by atoms with Gasteiger partial charge >= 0.3 is 0 Å². The minimum absolute atomic E-state index is 0.0550. The molecular formula is C13H20O2. The number of Topliss-reactive ketones (excluding diaryl/α,β-unsaturated/α-hetero) is 1. The zero-order valence-electron chi connectivity index (χ0n) is 9.73. The number of carbonyl (C=O) groups is 1. The van der Waals surface area contributed by atoms with Crippen molar-refractivity contribution in [2.75, 3.05) is 0 Å². The molecular weight excluding hydrogens is 188 g/mol. The first-order valence-electron chi connectivity index (χ1n) is 5.79. The van der Waals surface area contributed by atoms with Gasteiger partial charge in [0, 0.05) is 5.92 Å². The van der Waals surface area contributed by atoms with Crippen LogP contribution < -0.4 is 0 Å². The van der Waals surface area contributed by atoms with Gasteiger partial charge < -0.3 is 5.11 Å². The number of ketones is 1. The van der Waals surface area contributed by atoms with Gasteiger partial charge in [0.05, 0.1) is 0 Å². The molecule has 2 rings (SSSR count). The van der Waals surface area contributed by atoms with Gasteiger partial charge in [-0.3, -0.25) is 4.79 Å². The topological polar surface area (TPSA) is 37.3 Å². The normalized spacial score (nSPS) is 35.9. The third-order valence-corrected chi connectivity index (χ3v) is 3.73. The van der Waals surface area contributed by atoms with Gasteiger partial charge in [-0.15, -0.1) is 0 Å². The fraction of sp³-hybridized carbons (Fsp3) is 0.769. The zero-order valence-corrected chi connectivity index (χ0v) is 9.73. The van der Waals surface area contributed by atoms with Crippen LogP contribution in [-0.2, 0) is 4.79 Å². The lowest BCUT2D eigenvalue weighted by Crippen LogP contribution is -2.39. The van der Waals surface area contributed by atoms with E-state index in [2.05, 4.69) is 12.2 Å². The molecule has 0 aromatic heterocycles. The van der Waals surface area contributed by atoms with E-state index in [9.17, 15) is 9.90 Å². The first-order chi connectivity index (χ1) is 6.89. The summed E-state index contributed by atoms with van der Waals surface area (Å²) >= 11 is 0. The van der Waals surface area contributed by atoms with Crippen LogP contribution in [0.3, 0.4) is 0 Å². The Balaban J connectivity index is 2.06. The molecule has 2 bridgehead atoms. The Hall–Kier alpha value is -0.630. The van der Waals surface area contributed by atoms with Crippen LogP contribution in [0.1, 0.15) is 33.6 Å². The molecule has 0 aliphatic heterocycles. The van der Waals surface area contributed by atoms with Crippen molar-refractivity contribution in [2.24, 2.45) is 23.2 Å². The molecule has 0 radical (unpaired) electrons. The first kappa shape index (κ1) is 10.9. The fourth-order valence-electron chi connectivity index (χ4n) is 2.74. The minimum atomic E-state index is -0.810. The highest BCUT2D eigenvalue weighted by Gasteiger charge is 2.43. The highest BCUT2D eigenvalue weighted by Crippen LogP contribution is 2.45. The van der Waals surface area contributed by atoms with Crippen LogP contribution in [-0.4, -0.2) is 17.0 Å². The Morgan fingerprint density at radius 2 is 2.00 bits per heavy atom. The van der Waals surface area contributed by atoms with Crippen molar-refractivity contribution in [3.8, 4) is 0 Å². The lowest BCUT2D eigenvalue weighted by molar-refractivity contribution is -0.137. The number of hydrogen-bond acceptors (Lipinski definition) is 2. The Morgan fingerprint density at radius 3 is 2.40 bits per heavy atom. The van der Waals surface area contributed by atoms with Gasteiger partial charge in [0.25, 0.3) is 0 Å². The van der Waals surface area contributed by atoms with Crippen molar-refractivity contribution in [2.45, 2.75) is 39.7 Å². The van der Waals surface area contributed by atoms with E-state index in [1.54, 1.807) is 0 Å². The van der Waals surface area contributed by atoms with Gasteiger partial charge in [0.1, 0.15) is 6.10 Å². The Morgan fingerprint density at radius 1 is 1.33 bits per heavy atom. The Bertz CT molecular complexity index is 298. The number of rotatable bonds is 2. The molecule has 2 heteroatoms. The molecule has 2 aliphatic rings. The SMILES string of the molecule is CC(C)(C)[C@H](O)C(=O)[C@@H]1C[C@@H]2C=C[C@H]1C2. The zero-order chi connectivity index (χ0) is 11.2. The molecule has 0 unspecified atom stereocenters. The maximum Gasteiger partial charge on any atom is 0.165 e. The predicted molar refractivity (Wildman–Crippen MR) is 59.3 cm³/mol. The maximum absolute atomic E-state index is 12.1. The third-order valence-electron chi connectivity index (χ3n) is 3.73. The summed E-state index contributed by atoms with van der Waals surface area (Å²) in [4.78, 5) is 12.1. The summed E-state index contributed by atoms with van der Waals surface area (Å²) < 4.78 is 0. The van der Waals surface area contributed by atoms with Crippen molar-refractivity contribution in [3.63, 3.8) is 0 Å². The quantitative estimate of drug-likeness (QED) is 0.706. The predicted octanol–water partition coefficient (Wildman–Crippen LogP) is 2.17. The lowest BCUT2D eigenvalue weighted by atomic mass is 9.78. The molecule has 0 amide bonds. The highest BCUT2D eigenvalue weighted by atomic mass is 16.3. The number of hydrogen-bond donors (Lipinski definition) is 1. The smallest absolute Gasteiger partial charge is 0.165 e. The molecule has 0 saturated heterocycles. The molecule has 0 heterocycles. The van der Waals surface area contributed by atoms with Gasteiger partial charge in [-0.05, 0) is 30.1 Å². The Labute approximate surface area is 91.4 Å². The molecule has 1 fully saturated rings. The van der Waals surface area contributed by atoms with Crippen LogP contribution in [0.25, 0.3) is 0 Å². The number of aliphatic hydroxyl groups excluding tert-OH is 1. The van der Waals surface area contributed by atoms with Crippen LogP contribution in [0.5, 0.6) is 0 Å². The van der Waals surface area contributed by atoms with Gasteiger partial charge in [-0.1, -0.05) is 32.9 Å². The maximum atomic E-state index is 12.1. The average molecular weight is 208 g/mol. The molecule has 2 nitrogen and oxygen atoms in total. The summed E-state index contributed by atoms with van der Waals surface area (Å²) in [6.45, 7) is 5.75. The van der Waals surface area contributed by atoms with Crippen molar-refractivity contribution >= 4 is 5.78 Å². The summed E-state index contributed by atoms with van der Waals surface area (Å²) in [6.07, 6.45) is 5.64. The van der Waals surface area contributed by atoms with E-state index in [1.807, 2.05) is 20.8 Å². The summed E-state index contributed by atoms with van der Waals surface area (Å²) in [5.74, 6) is 1.13. The van der Waals surface area contributed by atoms with E-state index in [4.69, 9.17) is 0 Å². The monoisotopic (exact) mass is 208 g/mol. The van der Waals surface area contributed by atoms with E-state index in [0.717, 1.165) is 12.8 Å². The second kappa shape index (κ2) is 3.44. The average Bonchev–Trinajstić information content (AvgIpc) is 2.74. The van der Waals surface area contributed by atoms with Gasteiger partial charge in [0.15, 0.2) is 5.78 Å². The standard InChI is InChI=1S/C13H20O2/c1-13(2,3)12(15)11(14)10-7-8-4-5-9(10)6-8/h4-5,8-10,12,15H,6-7H2,1-3H3/t8-,9+,10-,12-/m1/s1. The minimum Gasteiger partial charge on any atom is -0.385 e. The summed E-state index contributed by atoms with van der Waals surface area (Å²) in [6, 6.07) is 0. The van der Waals surface area contributed by atoms with Crippen LogP contribution in [0.4, 0.5) is 0 Å². The molecule has 2 aliphatic carbocycles. The van der Waals surface area contributed by atoms with E-state index in [1.165, 1.54) is 0 Å². The molecule has 0 spiro atoms. The number of allylic oxidation sites excluding steroid dienone is 2. The first-order valence-corrected chi connectivity index (χ1v) is 5.79. The Kier molecular flexibility index (Phi) is 2.50. The molecule has 15 heavy (non-hydrogen) atoms. The molecule has 1 saturated carbocycles. The van der Waals surface area contributed by atoms with Crippen molar-refractivity contribution in [1.29, 1.82) is 0 Å². The van der Waals surface area contributed by atoms with Gasteiger partial charge in [-0.2, -0.15) is 0 Å². The number of carbonyl (C=O) groups excluding carboxylic acids is 1. The summed E-state index contributed by atoms with van der Waals surface area (Å²) in [7, 11) is 0. The van der Waals surface area contributed by atoms with Gasteiger partial charge in [-0.25, -0.2) is 0 Å². The summed E-state index contributed by atoms with van der Waals surface area (Å²) in [5, 5.41) is 9.97. The lowest BCUT2D eigenvalue weighted by Gasteiger charge is -2.28. The van der Waals surface area contributed by atoms with Crippen LogP contribution in [0.15, 0.2) is 12.2 Å². The largest absolute Gasteiger partial charge is 0.385 e. The molecule has 4 atom stereocenters. The number of aliphatic hydroxyl groups is 1. The van der Waals surface area contributed by atoms with E-state index in [0.29, 0.717) is 11.8 Å². The molecule has 1 N–H and O–H groups in total. The molecule has 84 valence electrons. The van der Waals surface area contributed by atoms with Crippen LogP contribution >= 0.6 is 0 Å². The van der Waals surface area contributed by atoms with Crippen LogP contribution in [0.2, 0.25) is 0 Å². The molecule has 0 aromatic rings. The van der Waals surface area contributed by atoms with Crippen LogP contribution in [0, 0.1) is 23.2 Å². The van der Waals surface area contributed by atoms with E-state index < -0.39 is 6.10 Å². The van der Waals surface area contributed by atoms with E-state index in [-0.39, 0.29) is 17.1 Å². The van der Waals surface area contributed by atoms with E-state index >= 15 is 0 Å².